The Hall–Kier alpha value is -1.78. The van der Waals surface area contributed by atoms with Crippen LogP contribution in [0.3, 0.4) is 0 Å². The molecule has 0 aromatic heterocycles. The van der Waals surface area contributed by atoms with Crippen LogP contribution in [-0.2, 0) is 0 Å². The van der Waals surface area contributed by atoms with Crippen molar-refractivity contribution in [3.05, 3.63) is 36.4 Å². The Kier molecular flexibility index (Phi) is 3.28. The van der Waals surface area contributed by atoms with E-state index in [4.69, 9.17) is 11.5 Å². The number of hydrazine groups is 1. The summed E-state index contributed by atoms with van der Waals surface area (Å²) in [6, 6.07) is 11.7. The van der Waals surface area contributed by atoms with Crippen molar-refractivity contribution in [1.82, 2.24) is 0 Å². The predicted octanol–water partition coefficient (Wildman–Crippen LogP) is 0.823. The molecule has 2 rings (SSSR count). The van der Waals surface area contributed by atoms with E-state index in [0.717, 1.165) is 10.8 Å². The summed E-state index contributed by atoms with van der Waals surface area (Å²) in [5.41, 5.74) is 12.8. The van der Waals surface area contributed by atoms with Crippen molar-refractivity contribution >= 4 is 22.1 Å². The third kappa shape index (κ3) is 1.76. The van der Waals surface area contributed by atoms with Gasteiger partial charge in [0, 0.05) is 5.39 Å². The fourth-order valence-corrected chi connectivity index (χ4v) is 1.31. The van der Waals surface area contributed by atoms with Crippen LogP contribution in [-0.4, -0.2) is 0 Å². The minimum Gasteiger partial charge on any atom is -0.397 e. The van der Waals surface area contributed by atoms with Crippen LogP contribution in [0, 0.1) is 0 Å². The molecule has 0 radical (unpaired) electrons. The quantitative estimate of drug-likeness (QED) is 0.280. The third-order valence-corrected chi connectivity index (χ3v) is 2.00. The molecular weight excluding hydrogens is 176 g/mol. The van der Waals surface area contributed by atoms with E-state index in [1.807, 2.05) is 36.4 Å². The van der Waals surface area contributed by atoms with Crippen molar-refractivity contribution < 1.29 is 0 Å². The molecule has 0 aliphatic carbocycles. The predicted molar refractivity (Wildman–Crippen MR) is 61.1 cm³/mol. The summed E-state index contributed by atoms with van der Waals surface area (Å²) in [5.74, 6) is 8.00. The summed E-state index contributed by atoms with van der Waals surface area (Å²) >= 11 is 0. The molecule has 0 heterocycles. The maximum atomic E-state index is 5.79. The molecule has 0 aliphatic heterocycles. The third-order valence-electron chi connectivity index (χ3n) is 2.00. The highest BCUT2D eigenvalue weighted by Gasteiger charge is 1.98. The van der Waals surface area contributed by atoms with E-state index in [1.165, 1.54) is 0 Å². The monoisotopic (exact) mass is 190 g/mol. The summed E-state index contributed by atoms with van der Waals surface area (Å²) in [4.78, 5) is 0. The van der Waals surface area contributed by atoms with E-state index >= 15 is 0 Å². The summed E-state index contributed by atoms with van der Waals surface area (Å²) in [5, 5.41) is 2.15. The van der Waals surface area contributed by atoms with Crippen molar-refractivity contribution in [2.45, 2.75) is 0 Å². The number of nitrogen functional groups attached to an aromatic ring is 2. The standard InChI is InChI=1S/C10H10N2.H4N2/c11-9-6-5-7-3-1-2-4-8(7)10(9)12;1-2/h1-6H,11-12H2;1-2H2. The molecule has 74 valence electrons. The first kappa shape index (κ1) is 10.3. The van der Waals surface area contributed by atoms with Crippen LogP contribution >= 0.6 is 0 Å². The van der Waals surface area contributed by atoms with E-state index in [1.54, 1.807) is 0 Å². The molecule has 0 saturated heterocycles. The number of fused-ring (bicyclic) bond motifs is 1. The zero-order valence-corrected chi connectivity index (χ0v) is 7.77. The SMILES string of the molecule is NN.Nc1ccc2ccccc2c1N. The zero-order valence-electron chi connectivity index (χ0n) is 7.77. The number of anilines is 2. The molecular formula is C10H14N4. The van der Waals surface area contributed by atoms with Gasteiger partial charge in [-0.25, -0.2) is 0 Å². The van der Waals surface area contributed by atoms with Gasteiger partial charge in [0.25, 0.3) is 0 Å². The van der Waals surface area contributed by atoms with Crippen LogP contribution in [0.5, 0.6) is 0 Å². The molecule has 0 bridgehead atoms. The van der Waals surface area contributed by atoms with Crippen LogP contribution in [0.25, 0.3) is 10.8 Å². The smallest absolute Gasteiger partial charge is 0.0627 e. The van der Waals surface area contributed by atoms with Crippen molar-refractivity contribution in [2.24, 2.45) is 11.7 Å². The number of hydrogen-bond donors (Lipinski definition) is 4. The van der Waals surface area contributed by atoms with Gasteiger partial charge in [0.05, 0.1) is 11.4 Å². The van der Waals surface area contributed by atoms with Crippen LogP contribution < -0.4 is 23.2 Å². The molecule has 2 aromatic carbocycles. The molecule has 4 nitrogen and oxygen atoms in total. The largest absolute Gasteiger partial charge is 0.397 e. The van der Waals surface area contributed by atoms with Gasteiger partial charge in [0.2, 0.25) is 0 Å². The Labute approximate surface area is 82.4 Å². The number of nitrogens with two attached hydrogens (primary N) is 4. The number of hydrogen-bond acceptors (Lipinski definition) is 4. The summed E-state index contributed by atoms with van der Waals surface area (Å²) in [7, 11) is 0. The lowest BCUT2D eigenvalue weighted by molar-refractivity contribution is 1.26. The summed E-state index contributed by atoms with van der Waals surface area (Å²) in [6.45, 7) is 0. The maximum absolute atomic E-state index is 5.79. The number of benzene rings is 2. The number of rotatable bonds is 0. The van der Waals surface area contributed by atoms with Gasteiger partial charge in [-0.05, 0) is 11.5 Å². The van der Waals surface area contributed by atoms with E-state index in [-0.39, 0.29) is 0 Å². The van der Waals surface area contributed by atoms with Crippen LogP contribution in [0.1, 0.15) is 0 Å². The van der Waals surface area contributed by atoms with E-state index in [9.17, 15) is 0 Å². The van der Waals surface area contributed by atoms with E-state index in [2.05, 4.69) is 11.7 Å². The van der Waals surface area contributed by atoms with Crippen molar-refractivity contribution in [2.75, 3.05) is 11.5 Å². The van der Waals surface area contributed by atoms with Crippen LogP contribution in [0.4, 0.5) is 11.4 Å². The molecule has 14 heavy (non-hydrogen) atoms. The first-order valence-electron chi connectivity index (χ1n) is 4.15. The second kappa shape index (κ2) is 4.45. The van der Waals surface area contributed by atoms with Gasteiger partial charge in [-0.15, -0.1) is 0 Å². The van der Waals surface area contributed by atoms with Gasteiger partial charge in [-0.3, -0.25) is 11.7 Å². The molecule has 4 heteroatoms. The van der Waals surface area contributed by atoms with Gasteiger partial charge in [-0.2, -0.15) is 0 Å². The highest BCUT2D eigenvalue weighted by molar-refractivity contribution is 5.98. The second-order valence-corrected chi connectivity index (χ2v) is 2.79. The highest BCUT2D eigenvalue weighted by atomic mass is 15.0. The lowest BCUT2D eigenvalue weighted by Gasteiger charge is -2.03. The Bertz CT molecular complexity index is 425. The molecule has 0 amide bonds. The minimum absolute atomic E-state index is 0.647. The summed E-state index contributed by atoms with van der Waals surface area (Å²) < 4.78 is 0. The second-order valence-electron chi connectivity index (χ2n) is 2.79. The average Bonchev–Trinajstić information content (AvgIpc) is 2.27. The van der Waals surface area contributed by atoms with Crippen molar-refractivity contribution in [3.63, 3.8) is 0 Å². The first-order valence-corrected chi connectivity index (χ1v) is 4.15. The highest BCUT2D eigenvalue weighted by Crippen LogP contribution is 2.25. The molecule has 0 unspecified atom stereocenters. The van der Waals surface area contributed by atoms with E-state index < -0.39 is 0 Å². The summed E-state index contributed by atoms with van der Waals surface area (Å²) in [6.07, 6.45) is 0. The van der Waals surface area contributed by atoms with Crippen LogP contribution in [0.2, 0.25) is 0 Å². The Morgan fingerprint density at radius 1 is 0.786 bits per heavy atom. The molecule has 0 fully saturated rings. The van der Waals surface area contributed by atoms with Gasteiger partial charge in [-0.1, -0.05) is 30.3 Å². The fraction of sp³-hybridized carbons (Fsp3) is 0. The molecule has 8 N–H and O–H groups in total. The van der Waals surface area contributed by atoms with E-state index in [0.29, 0.717) is 11.4 Å². The Balaban J connectivity index is 0.000000461. The van der Waals surface area contributed by atoms with Crippen molar-refractivity contribution in [1.29, 1.82) is 0 Å². The molecule has 0 spiro atoms. The average molecular weight is 190 g/mol. The normalized spacial score (nSPS) is 9.29. The zero-order chi connectivity index (χ0) is 10.6. The molecule has 0 aliphatic rings. The fourth-order valence-electron chi connectivity index (χ4n) is 1.31. The van der Waals surface area contributed by atoms with Gasteiger partial charge >= 0.3 is 0 Å². The Morgan fingerprint density at radius 2 is 1.43 bits per heavy atom. The molecule has 0 saturated carbocycles. The minimum atomic E-state index is 0.647. The molecule has 0 atom stereocenters. The lowest BCUT2D eigenvalue weighted by atomic mass is 10.1. The van der Waals surface area contributed by atoms with Crippen LogP contribution in [0.15, 0.2) is 36.4 Å². The maximum Gasteiger partial charge on any atom is 0.0627 e. The lowest BCUT2D eigenvalue weighted by Crippen LogP contribution is -2.02. The first-order chi connectivity index (χ1) is 6.79. The van der Waals surface area contributed by atoms with Crippen molar-refractivity contribution in [3.8, 4) is 0 Å². The molecule has 2 aromatic rings. The van der Waals surface area contributed by atoms with Gasteiger partial charge < -0.3 is 11.5 Å². The topological polar surface area (TPSA) is 104 Å². The van der Waals surface area contributed by atoms with Gasteiger partial charge in [0.1, 0.15) is 0 Å². The van der Waals surface area contributed by atoms with Gasteiger partial charge in [0.15, 0.2) is 0 Å². The Morgan fingerprint density at radius 3 is 2.14 bits per heavy atom.